The van der Waals surface area contributed by atoms with Gasteiger partial charge in [0, 0.05) is 30.5 Å². The number of methoxy groups -OCH3 is 1. The molecule has 1 amide bonds. The number of hydrogen-bond acceptors (Lipinski definition) is 4. The molecule has 3 rings (SSSR count). The van der Waals surface area contributed by atoms with Crippen LogP contribution in [-0.4, -0.2) is 48.7 Å². The summed E-state index contributed by atoms with van der Waals surface area (Å²) in [5, 5.41) is 0. The van der Waals surface area contributed by atoms with Crippen molar-refractivity contribution in [1.29, 1.82) is 0 Å². The van der Waals surface area contributed by atoms with Crippen LogP contribution in [0.5, 0.6) is 5.75 Å². The van der Waals surface area contributed by atoms with Crippen molar-refractivity contribution >= 4 is 5.91 Å². The van der Waals surface area contributed by atoms with E-state index in [0.29, 0.717) is 18.8 Å². The van der Waals surface area contributed by atoms with Gasteiger partial charge in [0.1, 0.15) is 5.75 Å². The SMILES string of the molecule is CCOCC1CCCN1C(=O)c1ccc(-c2ccncc2OC)cc1. The number of aromatic nitrogens is 1. The average molecular weight is 340 g/mol. The van der Waals surface area contributed by atoms with E-state index in [1.54, 1.807) is 19.5 Å². The lowest BCUT2D eigenvalue weighted by Crippen LogP contribution is -2.38. The molecule has 1 aromatic carbocycles. The molecule has 1 unspecified atom stereocenters. The largest absolute Gasteiger partial charge is 0.494 e. The average Bonchev–Trinajstić information content (AvgIpc) is 3.14. The molecule has 0 saturated carbocycles. The Morgan fingerprint density at radius 2 is 2.08 bits per heavy atom. The van der Waals surface area contributed by atoms with Gasteiger partial charge < -0.3 is 14.4 Å². The van der Waals surface area contributed by atoms with Gasteiger partial charge in [-0.2, -0.15) is 0 Å². The van der Waals surface area contributed by atoms with Crippen LogP contribution in [-0.2, 0) is 4.74 Å². The third kappa shape index (κ3) is 3.82. The van der Waals surface area contributed by atoms with Crippen molar-refractivity contribution in [3.63, 3.8) is 0 Å². The van der Waals surface area contributed by atoms with E-state index in [2.05, 4.69) is 4.98 Å². The van der Waals surface area contributed by atoms with Crippen LogP contribution >= 0.6 is 0 Å². The van der Waals surface area contributed by atoms with Crippen LogP contribution in [0, 0.1) is 0 Å². The zero-order valence-electron chi connectivity index (χ0n) is 14.8. The van der Waals surface area contributed by atoms with Gasteiger partial charge in [-0.1, -0.05) is 12.1 Å². The normalized spacial score (nSPS) is 16.9. The molecule has 1 atom stereocenters. The molecule has 0 spiro atoms. The molecule has 1 aliphatic rings. The Morgan fingerprint density at radius 3 is 2.80 bits per heavy atom. The minimum absolute atomic E-state index is 0.0791. The molecule has 0 radical (unpaired) electrons. The lowest BCUT2D eigenvalue weighted by Gasteiger charge is -2.24. The molecule has 1 saturated heterocycles. The number of likely N-dealkylation sites (tertiary alicyclic amines) is 1. The Bertz CT molecular complexity index is 715. The highest BCUT2D eigenvalue weighted by molar-refractivity contribution is 5.95. The molecule has 5 nitrogen and oxygen atoms in total. The molecule has 1 aliphatic heterocycles. The zero-order chi connectivity index (χ0) is 17.6. The van der Waals surface area contributed by atoms with Gasteiger partial charge in [0.2, 0.25) is 0 Å². The molecule has 1 fully saturated rings. The molecule has 0 bridgehead atoms. The lowest BCUT2D eigenvalue weighted by molar-refractivity contribution is 0.0564. The van der Waals surface area contributed by atoms with Crippen molar-refractivity contribution in [1.82, 2.24) is 9.88 Å². The first-order valence-corrected chi connectivity index (χ1v) is 8.71. The number of hydrogen-bond donors (Lipinski definition) is 0. The number of ether oxygens (including phenoxy) is 2. The molecule has 0 aliphatic carbocycles. The molecule has 2 aromatic rings. The number of nitrogens with zero attached hydrogens (tertiary/aromatic N) is 2. The second kappa shape index (κ2) is 8.12. The summed E-state index contributed by atoms with van der Waals surface area (Å²) in [4.78, 5) is 18.8. The topological polar surface area (TPSA) is 51.7 Å². The van der Waals surface area contributed by atoms with Gasteiger partial charge >= 0.3 is 0 Å². The third-order valence-electron chi connectivity index (χ3n) is 4.60. The van der Waals surface area contributed by atoms with Gasteiger partial charge in [0.05, 0.1) is 26.0 Å². The number of pyridine rings is 1. The zero-order valence-corrected chi connectivity index (χ0v) is 14.8. The van der Waals surface area contributed by atoms with Crippen molar-refractivity contribution < 1.29 is 14.3 Å². The van der Waals surface area contributed by atoms with E-state index in [0.717, 1.165) is 36.3 Å². The maximum atomic E-state index is 12.8. The van der Waals surface area contributed by atoms with E-state index in [1.165, 1.54) is 0 Å². The molecular formula is C20H24N2O3. The minimum Gasteiger partial charge on any atom is -0.494 e. The lowest BCUT2D eigenvalue weighted by atomic mass is 10.0. The van der Waals surface area contributed by atoms with Crippen LogP contribution in [0.25, 0.3) is 11.1 Å². The molecule has 0 N–H and O–H groups in total. The highest BCUT2D eigenvalue weighted by Crippen LogP contribution is 2.29. The Morgan fingerprint density at radius 1 is 1.28 bits per heavy atom. The van der Waals surface area contributed by atoms with Crippen molar-refractivity contribution in [2.75, 3.05) is 26.9 Å². The van der Waals surface area contributed by atoms with Gasteiger partial charge in [-0.05, 0) is 43.5 Å². The van der Waals surface area contributed by atoms with E-state index in [1.807, 2.05) is 42.2 Å². The highest BCUT2D eigenvalue weighted by Gasteiger charge is 2.29. The third-order valence-corrected chi connectivity index (χ3v) is 4.60. The maximum absolute atomic E-state index is 12.8. The predicted molar refractivity (Wildman–Crippen MR) is 96.8 cm³/mol. The van der Waals surface area contributed by atoms with Gasteiger partial charge in [-0.25, -0.2) is 0 Å². The Kier molecular flexibility index (Phi) is 5.66. The number of carbonyl (C=O) groups excluding carboxylic acids is 1. The summed E-state index contributed by atoms with van der Waals surface area (Å²) in [5.74, 6) is 0.799. The van der Waals surface area contributed by atoms with E-state index in [-0.39, 0.29) is 11.9 Å². The van der Waals surface area contributed by atoms with Crippen molar-refractivity contribution in [2.45, 2.75) is 25.8 Å². The fourth-order valence-electron chi connectivity index (χ4n) is 3.27. The van der Waals surface area contributed by atoms with Gasteiger partial charge in [0.15, 0.2) is 0 Å². The molecular weight excluding hydrogens is 316 g/mol. The molecule has 25 heavy (non-hydrogen) atoms. The van der Waals surface area contributed by atoms with E-state index in [9.17, 15) is 4.79 Å². The summed E-state index contributed by atoms with van der Waals surface area (Å²) >= 11 is 0. The quantitative estimate of drug-likeness (QED) is 0.809. The van der Waals surface area contributed by atoms with Gasteiger partial charge in [-0.3, -0.25) is 9.78 Å². The maximum Gasteiger partial charge on any atom is 0.254 e. The van der Waals surface area contributed by atoms with Crippen LogP contribution < -0.4 is 4.74 Å². The van der Waals surface area contributed by atoms with Crippen LogP contribution in [0.2, 0.25) is 0 Å². The Balaban J connectivity index is 1.77. The Hall–Kier alpha value is -2.40. The second-order valence-electron chi connectivity index (χ2n) is 6.11. The second-order valence-corrected chi connectivity index (χ2v) is 6.11. The van der Waals surface area contributed by atoms with E-state index in [4.69, 9.17) is 9.47 Å². The molecule has 5 heteroatoms. The van der Waals surface area contributed by atoms with Gasteiger partial charge in [0.25, 0.3) is 5.91 Å². The van der Waals surface area contributed by atoms with Crippen molar-refractivity contribution in [2.24, 2.45) is 0 Å². The summed E-state index contributed by atoms with van der Waals surface area (Å²) in [6.07, 6.45) is 5.48. The fraction of sp³-hybridized carbons (Fsp3) is 0.400. The predicted octanol–water partition coefficient (Wildman–Crippen LogP) is 3.40. The number of rotatable bonds is 6. The minimum atomic E-state index is 0.0791. The Labute approximate surface area is 148 Å². The highest BCUT2D eigenvalue weighted by atomic mass is 16.5. The van der Waals surface area contributed by atoms with Crippen molar-refractivity contribution in [3.05, 3.63) is 48.3 Å². The van der Waals surface area contributed by atoms with Crippen LogP contribution in [0.1, 0.15) is 30.1 Å². The first kappa shape index (κ1) is 17.4. The number of benzene rings is 1. The summed E-state index contributed by atoms with van der Waals surface area (Å²) in [6.45, 7) is 4.08. The van der Waals surface area contributed by atoms with Crippen LogP contribution in [0.3, 0.4) is 0 Å². The molecule has 132 valence electrons. The summed E-state index contributed by atoms with van der Waals surface area (Å²) in [5.41, 5.74) is 2.68. The molecule has 1 aromatic heterocycles. The van der Waals surface area contributed by atoms with Crippen LogP contribution in [0.15, 0.2) is 42.7 Å². The first-order chi connectivity index (χ1) is 12.2. The number of carbonyl (C=O) groups is 1. The standard InChI is InChI=1S/C20H24N2O3/c1-3-25-14-17-5-4-12-22(17)20(23)16-8-6-15(7-9-16)18-10-11-21-13-19(18)24-2/h6-11,13,17H,3-5,12,14H2,1-2H3. The fourth-order valence-corrected chi connectivity index (χ4v) is 3.27. The van der Waals surface area contributed by atoms with Crippen molar-refractivity contribution in [3.8, 4) is 16.9 Å². The first-order valence-electron chi connectivity index (χ1n) is 8.71. The summed E-state index contributed by atoms with van der Waals surface area (Å²) < 4.78 is 10.9. The van der Waals surface area contributed by atoms with E-state index >= 15 is 0 Å². The number of amides is 1. The van der Waals surface area contributed by atoms with E-state index < -0.39 is 0 Å². The smallest absolute Gasteiger partial charge is 0.254 e. The van der Waals surface area contributed by atoms with Crippen LogP contribution in [0.4, 0.5) is 0 Å². The summed E-state index contributed by atoms with van der Waals surface area (Å²) in [6, 6.07) is 9.78. The summed E-state index contributed by atoms with van der Waals surface area (Å²) in [7, 11) is 1.63. The molecule has 2 heterocycles. The van der Waals surface area contributed by atoms with Gasteiger partial charge in [-0.15, -0.1) is 0 Å². The monoisotopic (exact) mass is 340 g/mol.